The van der Waals surface area contributed by atoms with Gasteiger partial charge in [-0.25, -0.2) is 0 Å². The van der Waals surface area contributed by atoms with E-state index in [0.717, 1.165) is 23.5 Å². The molecule has 2 aromatic carbocycles. The molecule has 1 aliphatic carbocycles. The summed E-state index contributed by atoms with van der Waals surface area (Å²) in [6, 6.07) is 13.9. The number of fused-ring (bicyclic) bond motifs is 3. The standard InChI is InChI=1S/C19H20Br2/c1-3-19(4-2)17-9-13(11-20)5-7-15(17)16-8-6-14(12-21)10-18(16)19/h5-10H,3-4,11-12H2,1-2H3. The molecule has 0 saturated heterocycles. The summed E-state index contributed by atoms with van der Waals surface area (Å²) >= 11 is 7.20. The fourth-order valence-electron chi connectivity index (χ4n) is 3.77. The summed E-state index contributed by atoms with van der Waals surface area (Å²) in [7, 11) is 0. The molecule has 0 fully saturated rings. The molecule has 1 aliphatic rings. The van der Waals surface area contributed by atoms with Gasteiger partial charge in [0, 0.05) is 16.1 Å². The van der Waals surface area contributed by atoms with E-state index in [0.29, 0.717) is 0 Å². The minimum Gasteiger partial charge on any atom is -0.0876 e. The Labute approximate surface area is 144 Å². The maximum Gasteiger partial charge on any atom is 0.0283 e. The largest absolute Gasteiger partial charge is 0.0876 e. The maximum atomic E-state index is 3.60. The van der Waals surface area contributed by atoms with Crippen LogP contribution in [0.15, 0.2) is 36.4 Å². The van der Waals surface area contributed by atoms with Crippen molar-refractivity contribution in [3.05, 3.63) is 58.7 Å². The normalized spacial score (nSPS) is 14.9. The van der Waals surface area contributed by atoms with E-state index >= 15 is 0 Å². The number of benzene rings is 2. The van der Waals surface area contributed by atoms with Crippen LogP contribution in [0.1, 0.15) is 48.9 Å². The quantitative estimate of drug-likeness (QED) is 0.503. The van der Waals surface area contributed by atoms with E-state index in [9.17, 15) is 0 Å². The van der Waals surface area contributed by atoms with Crippen molar-refractivity contribution in [1.82, 2.24) is 0 Å². The lowest BCUT2D eigenvalue weighted by molar-refractivity contribution is 0.490. The van der Waals surface area contributed by atoms with Gasteiger partial charge in [0.2, 0.25) is 0 Å². The highest BCUT2D eigenvalue weighted by atomic mass is 79.9. The Bertz CT molecular complexity index is 614. The Balaban J connectivity index is 2.30. The van der Waals surface area contributed by atoms with Gasteiger partial charge in [-0.2, -0.15) is 0 Å². The van der Waals surface area contributed by atoms with Gasteiger partial charge in [-0.1, -0.05) is 82.1 Å². The third kappa shape index (κ3) is 2.22. The van der Waals surface area contributed by atoms with Gasteiger partial charge in [-0.3, -0.25) is 0 Å². The average molecular weight is 408 g/mol. The fourth-order valence-corrected chi connectivity index (χ4v) is 4.47. The molecule has 0 amide bonds. The molecule has 0 atom stereocenters. The Morgan fingerprint density at radius 3 is 1.52 bits per heavy atom. The molecule has 0 heterocycles. The van der Waals surface area contributed by atoms with Gasteiger partial charge in [0.15, 0.2) is 0 Å². The second-order valence-corrected chi connectivity index (χ2v) is 6.94. The molecule has 0 spiro atoms. The Morgan fingerprint density at radius 1 is 0.762 bits per heavy atom. The molecule has 2 heteroatoms. The average Bonchev–Trinajstić information content (AvgIpc) is 2.83. The fraction of sp³-hybridized carbons (Fsp3) is 0.368. The second-order valence-electron chi connectivity index (χ2n) is 5.82. The van der Waals surface area contributed by atoms with Crippen LogP contribution in [0.2, 0.25) is 0 Å². The molecular weight excluding hydrogens is 388 g/mol. The SMILES string of the molecule is CCC1(CC)c2cc(CBr)ccc2-c2ccc(CBr)cc21. The predicted molar refractivity (Wildman–Crippen MR) is 98.5 cm³/mol. The number of halogens is 2. The zero-order chi connectivity index (χ0) is 15.0. The van der Waals surface area contributed by atoms with Crippen LogP contribution in [0.3, 0.4) is 0 Å². The lowest BCUT2D eigenvalue weighted by Crippen LogP contribution is -2.23. The Morgan fingerprint density at radius 2 is 1.19 bits per heavy atom. The summed E-state index contributed by atoms with van der Waals surface area (Å²) in [6.07, 6.45) is 2.31. The molecule has 0 aliphatic heterocycles. The molecule has 0 aromatic heterocycles. The lowest BCUT2D eigenvalue weighted by atomic mass is 9.73. The molecule has 0 N–H and O–H groups in total. The Hall–Kier alpha value is -0.600. The topological polar surface area (TPSA) is 0 Å². The number of hydrogen-bond donors (Lipinski definition) is 0. The minimum absolute atomic E-state index is 0.182. The van der Waals surface area contributed by atoms with Crippen LogP contribution in [0.5, 0.6) is 0 Å². The Kier molecular flexibility index (Phi) is 4.29. The third-order valence-electron chi connectivity index (χ3n) is 5.00. The van der Waals surface area contributed by atoms with E-state index in [4.69, 9.17) is 0 Å². The first kappa shape index (κ1) is 15.3. The molecule has 0 unspecified atom stereocenters. The van der Waals surface area contributed by atoms with E-state index < -0.39 is 0 Å². The van der Waals surface area contributed by atoms with Gasteiger partial charge in [0.25, 0.3) is 0 Å². The predicted octanol–water partition coefficient (Wildman–Crippen LogP) is 6.56. The minimum atomic E-state index is 0.182. The lowest BCUT2D eigenvalue weighted by Gasteiger charge is -2.30. The van der Waals surface area contributed by atoms with Crippen molar-refractivity contribution in [3.63, 3.8) is 0 Å². The summed E-state index contributed by atoms with van der Waals surface area (Å²) in [4.78, 5) is 0. The molecule has 0 bridgehead atoms. The molecule has 0 radical (unpaired) electrons. The van der Waals surface area contributed by atoms with Gasteiger partial charge >= 0.3 is 0 Å². The van der Waals surface area contributed by atoms with E-state index in [2.05, 4.69) is 82.1 Å². The zero-order valence-electron chi connectivity index (χ0n) is 12.5. The molecule has 0 nitrogen and oxygen atoms in total. The van der Waals surface area contributed by atoms with Crippen molar-refractivity contribution in [1.29, 1.82) is 0 Å². The molecule has 3 rings (SSSR count). The van der Waals surface area contributed by atoms with Crippen LogP contribution >= 0.6 is 31.9 Å². The first-order valence-electron chi connectivity index (χ1n) is 7.59. The molecular formula is C19H20Br2. The van der Waals surface area contributed by atoms with Crippen molar-refractivity contribution >= 4 is 31.9 Å². The highest BCUT2D eigenvalue weighted by molar-refractivity contribution is 9.08. The van der Waals surface area contributed by atoms with Crippen molar-refractivity contribution in [2.24, 2.45) is 0 Å². The summed E-state index contributed by atoms with van der Waals surface area (Å²) in [6.45, 7) is 4.65. The van der Waals surface area contributed by atoms with Gasteiger partial charge in [0.1, 0.15) is 0 Å². The summed E-state index contributed by atoms with van der Waals surface area (Å²) < 4.78 is 0. The number of rotatable bonds is 4. The molecule has 2 aromatic rings. The second kappa shape index (κ2) is 5.89. The van der Waals surface area contributed by atoms with E-state index in [1.165, 1.54) is 33.4 Å². The van der Waals surface area contributed by atoms with Crippen LogP contribution in [0.25, 0.3) is 11.1 Å². The molecule has 0 saturated carbocycles. The van der Waals surface area contributed by atoms with Gasteiger partial charge in [0.05, 0.1) is 0 Å². The molecule has 21 heavy (non-hydrogen) atoms. The van der Waals surface area contributed by atoms with Crippen molar-refractivity contribution in [3.8, 4) is 11.1 Å². The van der Waals surface area contributed by atoms with Gasteiger partial charge in [-0.15, -0.1) is 0 Å². The zero-order valence-corrected chi connectivity index (χ0v) is 15.7. The van der Waals surface area contributed by atoms with E-state index in [1.807, 2.05) is 0 Å². The maximum absolute atomic E-state index is 3.60. The third-order valence-corrected chi connectivity index (χ3v) is 6.30. The van der Waals surface area contributed by atoms with Gasteiger partial charge < -0.3 is 0 Å². The van der Waals surface area contributed by atoms with Crippen molar-refractivity contribution < 1.29 is 0 Å². The van der Waals surface area contributed by atoms with E-state index in [1.54, 1.807) is 0 Å². The van der Waals surface area contributed by atoms with Crippen molar-refractivity contribution in [2.75, 3.05) is 0 Å². The summed E-state index contributed by atoms with van der Waals surface area (Å²) in [5.74, 6) is 0. The van der Waals surface area contributed by atoms with Crippen molar-refractivity contribution in [2.45, 2.75) is 42.8 Å². The summed E-state index contributed by atoms with van der Waals surface area (Å²) in [5, 5.41) is 1.85. The van der Waals surface area contributed by atoms with Crippen LogP contribution in [0, 0.1) is 0 Å². The molecule has 110 valence electrons. The smallest absolute Gasteiger partial charge is 0.0283 e. The highest BCUT2D eigenvalue weighted by Gasteiger charge is 2.40. The first-order valence-corrected chi connectivity index (χ1v) is 9.83. The van der Waals surface area contributed by atoms with Crippen LogP contribution in [-0.4, -0.2) is 0 Å². The van der Waals surface area contributed by atoms with E-state index in [-0.39, 0.29) is 5.41 Å². The van der Waals surface area contributed by atoms with Crippen LogP contribution in [-0.2, 0) is 16.1 Å². The highest BCUT2D eigenvalue weighted by Crippen LogP contribution is 2.53. The van der Waals surface area contributed by atoms with Crippen LogP contribution in [0.4, 0.5) is 0 Å². The van der Waals surface area contributed by atoms with Crippen LogP contribution < -0.4 is 0 Å². The monoisotopic (exact) mass is 406 g/mol. The first-order chi connectivity index (χ1) is 10.2. The number of hydrogen-bond acceptors (Lipinski definition) is 0. The summed E-state index contributed by atoms with van der Waals surface area (Å²) in [5.41, 5.74) is 8.82. The number of alkyl halides is 2. The van der Waals surface area contributed by atoms with Gasteiger partial charge in [-0.05, 0) is 46.2 Å².